The molecular weight excluding hydrogens is 492 g/mol. The lowest BCUT2D eigenvalue weighted by Gasteiger charge is -2.17. The first-order valence-electron chi connectivity index (χ1n) is 12.7. The zero-order valence-electron chi connectivity index (χ0n) is 21.3. The lowest BCUT2D eigenvalue weighted by molar-refractivity contribution is -0.118. The molecule has 2 aliphatic rings. The molecule has 3 heterocycles. The molecule has 1 unspecified atom stereocenters. The van der Waals surface area contributed by atoms with E-state index in [2.05, 4.69) is 10.3 Å². The summed E-state index contributed by atoms with van der Waals surface area (Å²) in [5.41, 5.74) is 6.65. The molecule has 0 saturated carbocycles. The van der Waals surface area contributed by atoms with Gasteiger partial charge in [0, 0.05) is 29.8 Å². The number of esters is 1. The number of anilines is 2. The van der Waals surface area contributed by atoms with Gasteiger partial charge in [0.2, 0.25) is 11.8 Å². The Morgan fingerprint density at radius 3 is 2.62 bits per heavy atom. The highest BCUT2D eigenvalue weighted by Crippen LogP contribution is 2.38. The highest BCUT2D eigenvalue weighted by Gasteiger charge is 2.36. The van der Waals surface area contributed by atoms with Gasteiger partial charge in [-0.05, 0) is 65.6 Å². The Morgan fingerprint density at radius 1 is 1.00 bits per heavy atom. The van der Waals surface area contributed by atoms with Gasteiger partial charge >= 0.3 is 5.97 Å². The molecule has 0 aliphatic carbocycles. The van der Waals surface area contributed by atoms with E-state index in [9.17, 15) is 14.4 Å². The lowest BCUT2D eigenvalue weighted by Crippen LogP contribution is -2.30. The van der Waals surface area contributed by atoms with Gasteiger partial charge in [0.25, 0.3) is 0 Å². The first-order chi connectivity index (χ1) is 19.0. The number of aromatic nitrogens is 1. The van der Waals surface area contributed by atoms with Crippen LogP contribution in [0, 0.1) is 0 Å². The monoisotopic (exact) mass is 518 g/mol. The van der Waals surface area contributed by atoms with Gasteiger partial charge in [-0.15, -0.1) is 0 Å². The molecule has 3 aromatic carbocycles. The fourth-order valence-corrected chi connectivity index (χ4v) is 5.28. The van der Waals surface area contributed by atoms with E-state index in [4.69, 9.17) is 9.73 Å². The van der Waals surface area contributed by atoms with Crippen LogP contribution >= 0.6 is 0 Å². The van der Waals surface area contributed by atoms with Crippen LogP contribution in [0.3, 0.4) is 0 Å². The van der Waals surface area contributed by atoms with Crippen LogP contribution in [0.1, 0.15) is 38.7 Å². The van der Waals surface area contributed by atoms with Crippen molar-refractivity contribution in [3.8, 4) is 0 Å². The number of benzene rings is 3. The summed E-state index contributed by atoms with van der Waals surface area (Å²) in [5, 5.41) is 2.91. The van der Waals surface area contributed by atoms with Crippen LogP contribution in [-0.4, -0.2) is 42.1 Å². The average Bonchev–Trinajstić information content (AvgIpc) is 3.69. The molecule has 2 aliphatic heterocycles. The quantitative estimate of drug-likeness (QED) is 0.283. The lowest BCUT2D eigenvalue weighted by atomic mass is 9.90. The smallest absolute Gasteiger partial charge is 0.337 e. The molecule has 39 heavy (non-hydrogen) atoms. The van der Waals surface area contributed by atoms with Crippen LogP contribution in [0.15, 0.2) is 90.1 Å². The number of ether oxygens (including phenoxy) is 1. The van der Waals surface area contributed by atoms with Gasteiger partial charge in [0.15, 0.2) is 0 Å². The molecule has 0 fully saturated rings. The van der Waals surface area contributed by atoms with E-state index in [1.165, 1.54) is 7.11 Å². The van der Waals surface area contributed by atoms with Crippen LogP contribution in [0.25, 0.3) is 0 Å². The van der Waals surface area contributed by atoms with Crippen molar-refractivity contribution in [1.82, 2.24) is 4.98 Å². The minimum atomic E-state index is -0.652. The third kappa shape index (κ3) is 4.61. The van der Waals surface area contributed by atoms with Gasteiger partial charge in [0.1, 0.15) is 5.92 Å². The molecule has 8 heteroatoms. The van der Waals surface area contributed by atoms with Gasteiger partial charge in [-0.2, -0.15) is 0 Å². The van der Waals surface area contributed by atoms with E-state index < -0.39 is 11.9 Å². The maximum absolute atomic E-state index is 13.3. The summed E-state index contributed by atoms with van der Waals surface area (Å²) in [5.74, 6) is -1.29. The van der Waals surface area contributed by atoms with Gasteiger partial charge in [0.05, 0.1) is 30.5 Å². The molecule has 1 aromatic heterocycles. The topological polar surface area (TPSA) is 104 Å². The zero-order chi connectivity index (χ0) is 26.9. The number of carbonyl (C=O) groups is 3. The van der Waals surface area contributed by atoms with Gasteiger partial charge in [-0.1, -0.05) is 36.4 Å². The van der Waals surface area contributed by atoms with Crippen LogP contribution in [0.5, 0.6) is 0 Å². The number of fused-ring (bicyclic) bond motifs is 2. The molecule has 0 saturated heterocycles. The number of rotatable bonds is 6. The largest absolute Gasteiger partial charge is 0.465 e. The van der Waals surface area contributed by atoms with Crippen LogP contribution < -0.4 is 10.2 Å². The van der Waals surface area contributed by atoms with Crippen molar-refractivity contribution in [3.05, 3.63) is 113 Å². The summed E-state index contributed by atoms with van der Waals surface area (Å²) in [4.78, 5) is 48.1. The van der Waals surface area contributed by atoms with E-state index in [0.717, 1.165) is 34.5 Å². The molecule has 0 bridgehead atoms. The van der Waals surface area contributed by atoms with Crippen molar-refractivity contribution in [3.63, 3.8) is 0 Å². The fraction of sp³-hybridized carbons (Fsp3) is 0.161. The fourth-order valence-electron chi connectivity index (χ4n) is 5.28. The van der Waals surface area contributed by atoms with Crippen molar-refractivity contribution >= 4 is 40.6 Å². The molecule has 194 valence electrons. The maximum Gasteiger partial charge on any atom is 0.337 e. The molecule has 0 spiro atoms. The summed E-state index contributed by atoms with van der Waals surface area (Å²) in [6.45, 7) is 0.620. The SMILES string of the molecule is COC(=O)c1ccc2c(c1)NC(=O)C2C(=Nc1ccc2c(c1)CCN2C(=O)Cc1ccc[nH]1)c1ccccc1. The Balaban J connectivity index is 1.35. The van der Waals surface area contributed by atoms with Crippen molar-refractivity contribution in [2.45, 2.75) is 18.8 Å². The third-order valence-corrected chi connectivity index (χ3v) is 7.16. The zero-order valence-corrected chi connectivity index (χ0v) is 21.3. The number of nitrogens with zero attached hydrogens (tertiary/aromatic N) is 2. The molecule has 4 aromatic rings. The Morgan fingerprint density at radius 2 is 1.85 bits per heavy atom. The highest BCUT2D eigenvalue weighted by atomic mass is 16.5. The highest BCUT2D eigenvalue weighted by molar-refractivity contribution is 6.24. The Hall–Kier alpha value is -4.98. The van der Waals surface area contributed by atoms with Crippen molar-refractivity contribution in [1.29, 1.82) is 0 Å². The maximum atomic E-state index is 13.3. The minimum Gasteiger partial charge on any atom is -0.465 e. The minimum absolute atomic E-state index is 0.0444. The predicted octanol–water partition coefficient (Wildman–Crippen LogP) is 4.79. The van der Waals surface area contributed by atoms with E-state index in [0.29, 0.717) is 35.6 Å². The molecule has 2 N–H and O–H groups in total. The number of aromatic amines is 1. The second kappa shape index (κ2) is 10.1. The van der Waals surface area contributed by atoms with Crippen molar-refractivity contribution in [2.24, 2.45) is 4.99 Å². The number of nitrogens with one attached hydrogen (secondary N) is 2. The van der Waals surface area contributed by atoms with Gasteiger partial charge in [-0.3, -0.25) is 14.6 Å². The average molecular weight is 519 g/mol. The molecule has 2 amide bonds. The second-order valence-corrected chi connectivity index (χ2v) is 9.56. The summed E-state index contributed by atoms with van der Waals surface area (Å²) < 4.78 is 4.83. The Kier molecular flexibility index (Phi) is 6.28. The summed E-state index contributed by atoms with van der Waals surface area (Å²) in [6.07, 6.45) is 2.87. The molecular formula is C31H26N4O4. The molecule has 6 rings (SSSR count). The molecule has 0 radical (unpaired) electrons. The van der Waals surface area contributed by atoms with Crippen LogP contribution in [0.2, 0.25) is 0 Å². The Labute approximate surface area is 225 Å². The molecule has 8 nitrogen and oxygen atoms in total. The first-order valence-corrected chi connectivity index (χ1v) is 12.7. The number of H-pyrrole nitrogens is 1. The second-order valence-electron chi connectivity index (χ2n) is 9.56. The Bertz CT molecular complexity index is 1610. The van der Waals surface area contributed by atoms with E-state index in [-0.39, 0.29) is 11.8 Å². The molecule has 1 atom stereocenters. The van der Waals surface area contributed by atoms with Gasteiger partial charge < -0.3 is 19.9 Å². The van der Waals surface area contributed by atoms with E-state index in [1.807, 2.05) is 71.8 Å². The standard InChI is InChI=1S/C31H26N4O4/c1-39-31(38)21-9-11-24-25(17-21)34-30(37)28(24)29(19-6-3-2-4-7-19)33-23-10-12-26-20(16-23)13-15-35(26)27(36)18-22-8-5-14-32-22/h2-12,14,16-17,28,32H,13,15,18H2,1H3,(H,34,37). The van der Waals surface area contributed by atoms with E-state index >= 15 is 0 Å². The van der Waals surface area contributed by atoms with Crippen molar-refractivity contribution < 1.29 is 19.1 Å². The number of aliphatic imine (C=N–C) groups is 1. The number of methoxy groups -OCH3 is 1. The van der Waals surface area contributed by atoms with E-state index in [1.54, 1.807) is 18.2 Å². The van der Waals surface area contributed by atoms with Crippen LogP contribution in [-0.2, 0) is 27.2 Å². The number of carbonyl (C=O) groups excluding carboxylic acids is 3. The first kappa shape index (κ1) is 24.4. The number of amides is 2. The van der Waals surface area contributed by atoms with Gasteiger partial charge in [-0.25, -0.2) is 4.79 Å². The van der Waals surface area contributed by atoms with Crippen LogP contribution in [0.4, 0.5) is 17.1 Å². The summed E-state index contributed by atoms with van der Waals surface area (Å²) in [7, 11) is 1.32. The number of hydrogen-bond donors (Lipinski definition) is 2. The van der Waals surface area contributed by atoms with Crippen molar-refractivity contribution in [2.75, 3.05) is 23.9 Å². The normalized spacial score (nSPS) is 16.0. The number of hydrogen-bond acceptors (Lipinski definition) is 5. The third-order valence-electron chi connectivity index (χ3n) is 7.16. The predicted molar refractivity (Wildman–Crippen MR) is 149 cm³/mol. The summed E-state index contributed by atoms with van der Waals surface area (Å²) in [6, 6.07) is 24.3. The summed E-state index contributed by atoms with van der Waals surface area (Å²) >= 11 is 0.